The zero-order valence-electron chi connectivity index (χ0n) is 11.1. The molecule has 7 nitrogen and oxygen atoms in total. The maximum Gasteiger partial charge on any atom is 0.334 e. The van der Waals surface area contributed by atoms with Crippen LogP contribution >= 0.6 is 0 Å². The van der Waals surface area contributed by atoms with Gasteiger partial charge in [0.1, 0.15) is 0 Å². The summed E-state index contributed by atoms with van der Waals surface area (Å²) < 4.78 is 10.5. The molecule has 2 rings (SSSR count). The molecule has 20 heavy (non-hydrogen) atoms. The second-order valence-corrected chi connectivity index (χ2v) is 4.23. The topological polar surface area (TPSA) is 89.0 Å². The van der Waals surface area contributed by atoms with Crippen LogP contribution in [0.5, 0.6) is 5.75 Å². The van der Waals surface area contributed by atoms with E-state index >= 15 is 0 Å². The molecule has 1 aromatic rings. The number of hydrogen-bond donors (Lipinski definition) is 1. The number of carboxylic acids is 1. The van der Waals surface area contributed by atoms with Crippen molar-refractivity contribution in [2.75, 3.05) is 26.3 Å². The normalized spacial score (nSPS) is 18.6. The van der Waals surface area contributed by atoms with Gasteiger partial charge in [0.2, 0.25) is 0 Å². The molecule has 1 saturated heterocycles. The summed E-state index contributed by atoms with van der Waals surface area (Å²) in [5.41, 5.74) is 0.195. The number of carboxylic acid groups (broad SMARTS) is 1. The molecule has 0 bridgehead atoms. The molecular weight excluding hydrogens is 264 g/mol. The van der Waals surface area contributed by atoms with Gasteiger partial charge in [-0.25, -0.2) is 9.78 Å². The van der Waals surface area contributed by atoms with Gasteiger partial charge < -0.3 is 19.5 Å². The molecular formula is C13H16N2O5. The number of pyridine rings is 1. The van der Waals surface area contributed by atoms with Gasteiger partial charge >= 0.3 is 5.97 Å². The number of aromatic nitrogens is 1. The fourth-order valence-corrected chi connectivity index (χ4v) is 1.96. The predicted molar refractivity (Wildman–Crippen MR) is 68.7 cm³/mol. The largest absolute Gasteiger partial charge is 0.491 e. The van der Waals surface area contributed by atoms with Gasteiger partial charge in [0.25, 0.3) is 5.91 Å². The van der Waals surface area contributed by atoms with Crippen LogP contribution in [-0.2, 0) is 9.53 Å². The van der Waals surface area contributed by atoms with Gasteiger partial charge in [0.05, 0.1) is 19.8 Å². The fourth-order valence-electron chi connectivity index (χ4n) is 1.96. The molecule has 0 saturated carbocycles. The zero-order valence-corrected chi connectivity index (χ0v) is 11.1. The number of aliphatic carboxylic acids is 1. The Hall–Kier alpha value is -2.15. The van der Waals surface area contributed by atoms with E-state index in [0.717, 1.165) is 0 Å². The molecule has 7 heteroatoms. The van der Waals surface area contributed by atoms with E-state index in [4.69, 9.17) is 14.6 Å². The predicted octanol–water partition coefficient (Wildman–Crippen LogP) is 0.406. The Labute approximate surface area is 116 Å². The van der Waals surface area contributed by atoms with Crippen molar-refractivity contribution in [1.29, 1.82) is 0 Å². The molecule has 2 heterocycles. The molecule has 1 aliphatic heterocycles. The van der Waals surface area contributed by atoms with Crippen molar-refractivity contribution in [1.82, 2.24) is 9.88 Å². The maximum absolute atomic E-state index is 12.4. The van der Waals surface area contributed by atoms with E-state index in [1.165, 1.54) is 11.1 Å². The van der Waals surface area contributed by atoms with Crippen molar-refractivity contribution in [2.24, 2.45) is 0 Å². The number of amides is 1. The standard InChI is InChI=1S/C13H16N2O5/c1-2-19-9-4-3-5-14-11(9)12(16)15-6-7-20-10(8-15)13(17)18/h3-5,10H,2,6-8H2,1H3,(H,17,18)/t10-/m1/s1. The highest BCUT2D eigenvalue weighted by molar-refractivity contribution is 5.95. The lowest BCUT2D eigenvalue weighted by molar-refractivity contribution is -0.154. The molecule has 1 atom stereocenters. The average Bonchev–Trinajstić information content (AvgIpc) is 2.47. The van der Waals surface area contributed by atoms with E-state index in [9.17, 15) is 9.59 Å². The number of rotatable bonds is 4. The summed E-state index contributed by atoms with van der Waals surface area (Å²) in [6.07, 6.45) is 0.511. The molecule has 1 aromatic heterocycles. The highest BCUT2D eigenvalue weighted by Gasteiger charge is 2.31. The van der Waals surface area contributed by atoms with Gasteiger partial charge in [-0.05, 0) is 19.1 Å². The minimum atomic E-state index is -1.08. The van der Waals surface area contributed by atoms with Gasteiger partial charge in [-0.2, -0.15) is 0 Å². The molecule has 1 N–H and O–H groups in total. The first-order valence-electron chi connectivity index (χ1n) is 6.35. The minimum Gasteiger partial charge on any atom is -0.491 e. The van der Waals surface area contributed by atoms with Crippen LogP contribution in [-0.4, -0.2) is 59.3 Å². The highest BCUT2D eigenvalue weighted by atomic mass is 16.5. The Balaban J connectivity index is 2.16. The quantitative estimate of drug-likeness (QED) is 0.859. The van der Waals surface area contributed by atoms with Gasteiger partial charge in [-0.3, -0.25) is 4.79 Å². The first-order chi connectivity index (χ1) is 9.63. The zero-order chi connectivity index (χ0) is 14.5. The summed E-state index contributed by atoms with van der Waals surface area (Å²) >= 11 is 0. The molecule has 1 fully saturated rings. The smallest absolute Gasteiger partial charge is 0.334 e. The lowest BCUT2D eigenvalue weighted by Gasteiger charge is -2.30. The third kappa shape index (κ3) is 3.05. The van der Waals surface area contributed by atoms with Crippen LogP contribution in [0, 0.1) is 0 Å². The van der Waals surface area contributed by atoms with Crippen LogP contribution in [0.3, 0.4) is 0 Å². The number of carbonyl (C=O) groups is 2. The second-order valence-electron chi connectivity index (χ2n) is 4.23. The van der Waals surface area contributed by atoms with Crippen molar-refractivity contribution in [2.45, 2.75) is 13.0 Å². The van der Waals surface area contributed by atoms with Crippen LogP contribution in [0.2, 0.25) is 0 Å². The summed E-state index contributed by atoms with van der Waals surface area (Å²) in [7, 11) is 0. The molecule has 0 aliphatic carbocycles. The second kappa shape index (κ2) is 6.33. The fraction of sp³-hybridized carbons (Fsp3) is 0.462. The van der Waals surface area contributed by atoms with Crippen molar-refractivity contribution in [3.8, 4) is 5.75 Å². The number of carbonyl (C=O) groups excluding carboxylic acids is 1. The SMILES string of the molecule is CCOc1cccnc1C(=O)N1CCO[C@@H](C(=O)O)C1. The number of hydrogen-bond acceptors (Lipinski definition) is 5. The minimum absolute atomic E-state index is 0.0102. The summed E-state index contributed by atoms with van der Waals surface area (Å²) in [6, 6.07) is 3.35. The molecule has 1 amide bonds. The Morgan fingerprint density at radius 3 is 3.10 bits per heavy atom. The third-order valence-electron chi connectivity index (χ3n) is 2.90. The van der Waals surface area contributed by atoms with Crippen LogP contribution in [0.15, 0.2) is 18.3 Å². The van der Waals surface area contributed by atoms with E-state index in [1.807, 2.05) is 6.92 Å². The van der Waals surface area contributed by atoms with Gasteiger partial charge in [0, 0.05) is 12.7 Å². The lowest BCUT2D eigenvalue weighted by atomic mass is 10.2. The molecule has 0 radical (unpaired) electrons. The van der Waals surface area contributed by atoms with Gasteiger partial charge in [-0.1, -0.05) is 0 Å². The lowest BCUT2D eigenvalue weighted by Crippen LogP contribution is -2.48. The van der Waals surface area contributed by atoms with E-state index in [1.54, 1.807) is 12.1 Å². The summed E-state index contributed by atoms with van der Waals surface area (Å²) in [6.45, 7) is 2.78. The van der Waals surface area contributed by atoms with Crippen molar-refractivity contribution >= 4 is 11.9 Å². The van der Waals surface area contributed by atoms with E-state index in [-0.39, 0.29) is 24.8 Å². The van der Waals surface area contributed by atoms with E-state index < -0.39 is 12.1 Å². The molecule has 0 unspecified atom stereocenters. The van der Waals surface area contributed by atoms with Gasteiger partial charge in [-0.15, -0.1) is 0 Å². The first kappa shape index (κ1) is 14.3. The number of ether oxygens (including phenoxy) is 2. The average molecular weight is 280 g/mol. The first-order valence-corrected chi connectivity index (χ1v) is 6.35. The summed E-state index contributed by atoms with van der Waals surface area (Å²) in [5.74, 6) is -1.02. The van der Waals surface area contributed by atoms with E-state index in [0.29, 0.717) is 18.9 Å². The van der Waals surface area contributed by atoms with E-state index in [2.05, 4.69) is 4.98 Å². The third-order valence-corrected chi connectivity index (χ3v) is 2.90. The number of nitrogens with zero attached hydrogens (tertiary/aromatic N) is 2. The van der Waals surface area contributed by atoms with Gasteiger partial charge in [0.15, 0.2) is 17.5 Å². The monoisotopic (exact) mass is 280 g/mol. The molecule has 108 valence electrons. The molecule has 0 aromatic carbocycles. The van der Waals surface area contributed by atoms with Crippen LogP contribution in [0.25, 0.3) is 0 Å². The molecule has 1 aliphatic rings. The molecule has 0 spiro atoms. The van der Waals surface area contributed by atoms with Crippen molar-refractivity contribution in [3.63, 3.8) is 0 Å². The Morgan fingerprint density at radius 2 is 2.40 bits per heavy atom. The Morgan fingerprint density at radius 1 is 1.60 bits per heavy atom. The summed E-state index contributed by atoms with van der Waals surface area (Å²) in [4.78, 5) is 28.8. The Kier molecular flexibility index (Phi) is 4.52. The summed E-state index contributed by atoms with van der Waals surface area (Å²) in [5, 5.41) is 8.94. The van der Waals surface area contributed by atoms with Crippen LogP contribution < -0.4 is 4.74 Å². The van der Waals surface area contributed by atoms with Crippen LogP contribution in [0.1, 0.15) is 17.4 Å². The number of morpholine rings is 1. The highest BCUT2D eigenvalue weighted by Crippen LogP contribution is 2.19. The van der Waals surface area contributed by atoms with Crippen molar-refractivity contribution < 1.29 is 24.2 Å². The van der Waals surface area contributed by atoms with Crippen LogP contribution in [0.4, 0.5) is 0 Å². The maximum atomic E-state index is 12.4. The van der Waals surface area contributed by atoms with Crippen molar-refractivity contribution in [3.05, 3.63) is 24.0 Å². The Bertz CT molecular complexity index is 505.